The zero-order valence-electron chi connectivity index (χ0n) is 11.3. The van der Waals surface area contributed by atoms with E-state index in [4.69, 9.17) is 17.0 Å². The van der Waals surface area contributed by atoms with Crippen LogP contribution in [-0.2, 0) is 6.42 Å². The minimum Gasteiger partial charge on any atom is -0.493 e. The predicted molar refractivity (Wildman–Crippen MR) is 85.2 cm³/mol. The summed E-state index contributed by atoms with van der Waals surface area (Å²) in [6.45, 7) is 0.769. The third kappa shape index (κ3) is 4.20. The van der Waals surface area contributed by atoms with E-state index >= 15 is 0 Å². The van der Waals surface area contributed by atoms with Gasteiger partial charge >= 0.3 is 0 Å². The van der Waals surface area contributed by atoms with Gasteiger partial charge in [-0.15, -0.1) is 0 Å². The molecule has 4 nitrogen and oxygen atoms in total. The summed E-state index contributed by atoms with van der Waals surface area (Å²) in [7, 11) is 1.61. The Labute approximate surface area is 124 Å². The number of thiocarbonyl (C=S) groups is 1. The van der Waals surface area contributed by atoms with Gasteiger partial charge in [0.2, 0.25) is 0 Å². The number of pyridine rings is 1. The van der Waals surface area contributed by atoms with Crippen LogP contribution in [0.25, 0.3) is 0 Å². The Balaban J connectivity index is 1.81. The second-order valence-electron chi connectivity index (χ2n) is 4.17. The molecule has 0 saturated heterocycles. The molecular formula is C15H17N3OS. The number of benzene rings is 1. The molecule has 0 saturated carbocycles. The summed E-state index contributed by atoms with van der Waals surface area (Å²) >= 11 is 5.24. The number of ether oxygens (including phenoxy) is 1. The van der Waals surface area contributed by atoms with E-state index in [0.717, 1.165) is 13.0 Å². The second-order valence-corrected chi connectivity index (χ2v) is 4.58. The van der Waals surface area contributed by atoms with E-state index in [1.54, 1.807) is 13.3 Å². The van der Waals surface area contributed by atoms with Crippen molar-refractivity contribution in [2.75, 3.05) is 19.0 Å². The average Bonchev–Trinajstić information content (AvgIpc) is 2.49. The molecule has 5 heteroatoms. The van der Waals surface area contributed by atoms with Gasteiger partial charge in [0.05, 0.1) is 7.11 Å². The number of aromatic nitrogens is 1. The Morgan fingerprint density at radius 1 is 1.20 bits per heavy atom. The van der Waals surface area contributed by atoms with Crippen LogP contribution in [0.15, 0.2) is 48.7 Å². The molecule has 104 valence electrons. The maximum absolute atomic E-state index is 5.24. The zero-order valence-corrected chi connectivity index (χ0v) is 12.1. The van der Waals surface area contributed by atoms with Gasteiger partial charge in [-0.1, -0.05) is 30.3 Å². The lowest BCUT2D eigenvalue weighted by Crippen LogP contribution is -2.30. The third-order valence-electron chi connectivity index (χ3n) is 2.76. The fourth-order valence-corrected chi connectivity index (χ4v) is 1.96. The van der Waals surface area contributed by atoms with Crippen LogP contribution in [0.5, 0.6) is 5.75 Å². The molecular weight excluding hydrogens is 270 g/mol. The van der Waals surface area contributed by atoms with Crippen molar-refractivity contribution in [3.8, 4) is 5.75 Å². The molecule has 1 aromatic carbocycles. The zero-order chi connectivity index (χ0) is 14.2. The number of rotatable bonds is 5. The monoisotopic (exact) mass is 287 g/mol. The smallest absolute Gasteiger partial charge is 0.174 e. The summed E-state index contributed by atoms with van der Waals surface area (Å²) < 4.78 is 5.21. The van der Waals surface area contributed by atoms with Crippen LogP contribution in [0.3, 0.4) is 0 Å². The van der Waals surface area contributed by atoms with Crippen LogP contribution in [0.4, 0.5) is 5.82 Å². The van der Waals surface area contributed by atoms with E-state index in [9.17, 15) is 0 Å². The lowest BCUT2D eigenvalue weighted by atomic mass is 10.1. The van der Waals surface area contributed by atoms with Crippen LogP contribution in [0.1, 0.15) is 5.56 Å². The first-order valence-corrected chi connectivity index (χ1v) is 6.78. The summed E-state index contributed by atoms with van der Waals surface area (Å²) in [6, 6.07) is 13.9. The summed E-state index contributed by atoms with van der Waals surface area (Å²) in [5.41, 5.74) is 1.28. The van der Waals surface area contributed by atoms with Gasteiger partial charge in [0, 0.05) is 12.7 Å². The molecule has 0 aliphatic heterocycles. The van der Waals surface area contributed by atoms with Gasteiger partial charge in [-0.3, -0.25) is 0 Å². The van der Waals surface area contributed by atoms with Gasteiger partial charge in [0.1, 0.15) is 0 Å². The average molecular weight is 287 g/mol. The summed E-state index contributed by atoms with van der Waals surface area (Å²) in [4.78, 5) is 4.19. The topological polar surface area (TPSA) is 46.2 Å². The molecule has 0 atom stereocenters. The van der Waals surface area contributed by atoms with Crippen LogP contribution in [0, 0.1) is 0 Å². The molecule has 1 heterocycles. The number of anilines is 1. The van der Waals surface area contributed by atoms with E-state index in [0.29, 0.717) is 16.7 Å². The van der Waals surface area contributed by atoms with Gasteiger partial charge < -0.3 is 15.4 Å². The summed E-state index contributed by atoms with van der Waals surface area (Å²) in [6.07, 6.45) is 2.61. The number of nitrogens with zero attached hydrogens (tertiary/aromatic N) is 1. The Morgan fingerprint density at radius 2 is 2.00 bits per heavy atom. The maximum Gasteiger partial charge on any atom is 0.174 e. The van der Waals surface area contributed by atoms with Crippen molar-refractivity contribution in [1.82, 2.24) is 10.3 Å². The van der Waals surface area contributed by atoms with E-state index in [2.05, 4.69) is 27.8 Å². The molecule has 0 unspecified atom stereocenters. The van der Waals surface area contributed by atoms with Gasteiger partial charge in [-0.05, 0) is 36.3 Å². The van der Waals surface area contributed by atoms with Crippen molar-refractivity contribution in [3.63, 3.8) is 0 Å². The molecule has 0 aliphatic rings. The largest absolute Gasteiger partial charge is 0.493 e. The van der Waals surface area contributed by atoms with E-state index in [1.807, 2.05) is 30.3 Å². The first-order chi connectivity index (χ1) is 9.79. The molecule has 0 aliphatic carbocycles. The molecule has 20 heavy (non-hydrogen) atoms. The first-order valence-electron chi connectivity index (χ1n) is 6.37. The van der Waals surface area contributed by atoms with Gasteiger partial charge in [-0.2, -0.15) is 0 Å². The lowest BCUT2D eigenvalue weighted by Gasteiger charge is -2.12. The van der Waals surface area contributed by atoms with E-state index < -0.39 is 0 Å². The molecule has 0 amide bonds. The number of hydrogen-bond donors (Lipinski definition) is 2. The third-order valence-corrected chi connectivity index (χ3v) is 3.01. The number of nitrogens with one attached hydrogen (secondary N) is 2. The molecule has 1 aromatic heterocycles. The highest BCUT2D eigenvalue weighted by atomic mass is 32.1. The summed E-state index contributed by atoms with van der Waals surface area (Å²) in [5.74, 6) is 1.28. The second kappa shape index (κ2) is 7.45. The highest BCUT2D eigenvalue weighted by Crippen LogP contribution is 2.19. The molecule has 2 N–H and O–H groups in total. The fourth-order valence-electron chi connectivity index (χ4n) is 1.77. The van der Waals surface area contributed by atoms with Crippen LogP contribution < -0.4 is 15.4 Å². The van der Waals surface area contributed by atoms with Crippen molar-refractivity contribution in [2.24, 2.45) is 0 Å². The highest BCUT2D eigenvalue weighted by molar-refractivity contribution is 7.80. The Hall–Kier alpha value is -2.14. The quantitative estimate of drug-likeness (QED) is 0.828. The Bertz CT molecular complexity index is 560. The van der Waals surface area contributed by atoms with Gasteiger partial charge in [-0.25, -0.2) is 4.98 Å². The van der Waals surface area contributed by atoms with Gasteiger partial charge in [0.25, 0.3) is 0 Å². The predicted octanol–water partition coefficient (Wildman–Crippen LogP) is 2.62. The standard InChI is InChI=1S/C15H17N3OS/c1-19-13-8-5-10-16-14(13)18-15(20)17-11-9-12-6-3-2-4-7-12/h2-8,10H,9,11H2,1H3,(H2,16,17,18,20). The SMILES string of the molecule is COc1cccnc1NC(=S)NCCc1ccccc1. The maximum atomic E-state index is 5.24. The summed E-state index contributed by atoms with van der Waals surface area (Å²) in [5, 5.41) is 6.73. The van der Waals surface area contributed by atoms with Crippen LogP contribution >= 0.6 is 12.2 Å². The molecule has 0 bridgehead atoms. The molecule has 0 spiro atoms. The van der Waals surface area contributed by atoms with Crippen molar-refractivity contribution < 1.29 is 4.74 Å². The van der Waals surface area contributed by atoms with Crippen molar-refractivity contribution in [2.45, 2.75) is 6.42 Å². The van der Waals surface area contributed by atoms with Gasteiger partial charge in [0.15, 0.2) is 16.7 Å². The van der Waals surface area contributed by atoms with Crippen LogP contribution in [-0.4, -0.2) is 23.8 Å². The van der Waals surface area contributed by atoms with Crippen molar-refractivity contribution in [1.29, 1.82) is 0 Å². The van der Waals surface area contributed by atoms with E-state index in [-0.39, 0.29) is 0 Å². The fraction of sp³-hybridized carbons (Fsp3) is 0.200. The molecule has 0 radical (unpaired) electrons. The van der Waals surface area contributed by atoms with Crippen molar-refractivity contribution >= 4 is 23.1 Å². The number of hydrogen-bond acceptors (Lipinski definition) is 3. The normalized spacial score (nSPS) is 9.85. The molecule has 2 rings (SSSR count). The highest BCUT2D eigenvalue weighted by Gasteiger charge is 2.04. The molecule has 2 aromatic rings. The minimum atomic E-state index is 0.540. The van der Waals surface area contributed by atoms with Crippen LogP contribution in [0.2, 0.25) is 0 Å². The van der Waals surface area contributed by atoms with E-state index in [1.165, 1.54) is 5.56 Å². The van der Waals surface area contributed by atoms with Crippen molar-refractivity contribution in [3.05, 3.63) is 54.2 Å². The molecule has 0 fully saturated rings. The Kier molecular flexibility index (Phi) is 5.32. The lowest BCUT2D eigenvalue weighted by molar-refractivity contribution is 0.415. The number of methoxy groups -OCH3 is 1. The minimum absolute atomic E-state index is 0.540. The Morgan fingerprint density at radius 3 is 2.75 bits per heavy atom. The first kappa shape index (κ1) is 14.3.